The predicted octanol–water partition coefficient (Wildman–Crippen LogP) is 3.84. The van der Waals surface area contributed by atoms with Gasteiger partial charge >= 0.3 is 6.03 Å². The van der Waals surface area contributed by atoms with E-state index in [0.29, 0.717) is 18.7 Å². The molecule has 11 heteroatoms. The van der Waals surface area contributed by atoms with Crippen LogP contribution in [-0.4, -0.2) is 62.2 Å². The molecular weight excluding hydrogens is 436 g/mol. The lowest BCUT2D eigenvalue weighted by Gasteiger charge is -2.39. The molecule has 2 atom stereocenters. The van der Waals surface area contributed by atoms with Crippen LogP contribution in [0.2, 0.25) is 0 Å². The second-order valence-electron chi connectivity index (χ2n) is 8.30. The Morgan fingerprint density at radius 1 is 1.16 bits per heavy atom. The number of nitrogens with one attached hydrogen (secondary N) is 2. The van der Waals surface area contributed by atoms with Crippen molar-refractivity contribution in [3.05, 3.63) is 29.5 Å². The number of carbonyl (C=O) groups excluding carboxylic acids is 1. The third-order valence-electron chi connectivity index (χ3n) is 6.11. The summed E-state index contributed by atoms with van der Waals surface area (Å²) < 4.78 is 25.1. The number of hydrogen-bond acceptors (Lipinski definition) is 7. The zero-order valence-electron chi connectivity index (χ0n) is 17.5. The third kappa shape index (κ3) is 4.26. The van der Waals surface area contributed by atoms with E-state index in [1.54, 1.807) is 12.4 Å². The number of nitrogens with zero attached hydrogens (tertiary/aromatic N) is 5. The summed E-state index contributed by atoms with van der Waals surface area (Å²) in [6.45, 7) is 1.59. The summed E-state index contributed by atoms with van der Waals surface area (Å²) in [4.78, 5) is 23.7. The molecule has 2 amide bonds. The number of piperidine rings is 1. The molecule has 32 heavy (non-hydrogen) atoms. The number of halogens is 2. The lowest BCUT2D eigenvalue weighted by atomic mass is 9.97. The van der Waals surface area contributed by atoms with Crippen LogP contribution in [0.15, 0.2) is 24.5 Å². The normalized spacial score (nSPS) is 22.6. The number of pyridine rings is 2. The average Bonchev–Trinajstić information content (AvgIpc) is 3.32. The molecule has 0 spiro atoms. The molecule has 3 aromatic rings. The molecule has 0 saturated carbocycles. The quantitative estimate of drug-likeness (QED) is 0.602. The molecule has 2 N–H and O–H groups in total. The Hall–Kier alpha value is -2.79. The fourth-order valence-corrected chi connectivity index (χ4v) is 5.39. The van der Waals surface area contributed by atoms with Crippen molar-refractivity contribution in [2.45, 2.75) is 57.2 Å². The van der Waals surface area contributed by atoms with Crippen molar-refractivity contribution in [1.29, 1.82) is 0 Å². The summed E-state index contributed by atoms with van der Waals surface area (Å²) in [5.74, 6) is 0.463. The van der Waals surface area contributed by atoms with Gasteiger partial charge < -0.3 is 10.2 Å². The summed E-state index contributed by atoms with van der Waals surface area (Å²) >= 11 is 1.47. The van der Waals surface area contributed by atoms with Gasteiger partial charge in [0.15, 0.2) is 5.01 Å². The first-order valence-electron chi connectivity index (χ1n) is 10.6. The highest BCUT2D eigenvalue weighted by atomic mass is 32.1. The van der Waals surface area contributed by atoms with E-state index < -0.39 is 6.43 Å². The number of rotatable bonds is 5. The van der Waals surface area contributed by atoms with E-state index in [1.165, 1.54) is 11.3 Å². The van der Waals surface area contributed by atoms with E-state index in [0.717, 1.165) is 39.3 Å². The first-order valence-corrected chi connectivity index (χ1v) is 11.4. The molecular formula is C21H23F2N7OS. The van der Waals surface area contributed by atoms with Crippen LogP contribution in [0, 0.1) is 6.92 Å². The van der Waals surface area contributed by atoms with E-state index in [-0.39, 0.29) is 30.7 Å². The van der Waals surface area contributed by atoms with Crippen LogP contribution in [0.4, 0.5) is 19.4 Å². The number of amides is 2. The van der Waals surface area contributed by atoms with Crippen LogP contribution in [-0.2, 0) is 0 Å². The highest BCUT2D eigenvalue weighted by Crippen LogP contribution is 2.36. The summed E-state index contributed by atoms with van der Waals surface area (Å²) in [6, 6.07) is 3.69. The van der Waals surface area contributed by atoms with Crippen molar-refractivity contribution >= 4 is 34.0 Å². The van der Waals surface area contributed by atoms with Gasteiger partial charge in [-0.2, -0.15) is 0 Å². The number of alkyl halides is 2. The fraction of sp³-hybridized carbons (Fsp3) is 0.476. The Morgan fingerprint density at radius 2 is 1.91 bits per heavy atom. The van der Waals surface area contributed by atoms with Gasteiger partial charge in [-0.3, -0.25) is 10.3 Å². The number of anilines is 1. The van der Waals surface area contributed by atoms with Gasteiger partial charge in [-0.25, -0.2) is 18.6 Å². The Balaban J connectivity index is 1.29. The molecule has 2 unspecified atom stereocenters. The SMILES string of the molecule is Cc1nnc(-c2cc3cc(NC(=O)N4C5CCC4CC(NCC(F)F)C5)ncc3cn2)s1. The van der Waals surface area contributed by atoms with Crippen LogP contribution in [0.5, 0.6) is 0 Å². The smallest absolute Gasteiger partial charge is 0.318 e. The fourth-order valence-electron chi connectivity index (χ4n) is 4.73. The minimum atomic E-state index is -2.36. The van der Waals surface area contributed by atoms with E-state index in [1.807, 2.05) is 24.0 Å². The largest absolute Gasteiger partial charge is 0.323 e. The molecule has 0 aromatic carbocycles. The molecule has 0 radical (unpaired) electrons. The van der Waals surface area contributed by atoms with E-state index >= 15 is 0 Å². The van der Waals surface area contributed by atoms with Crippen LogP contribution >= 0.6 is 11.3 Å². The van der Waals surface area contributed by atoms with Crippen LogP contribution < -0.4 is 10.6 Å². The lowest BCUT2D eigenvalue weighted by molar-refractivity contribution is 0.115. The van der Waals surface area contributed by atoms with Gasteiger partial charge in [0.05, 0.1) is 6.54 Å². The molecule has 2 saturated heterocycles. The number of fused-ring (bicyclic) bond motifs is 3. The lowest BCUT2D eigenvalue weighted by Crippen LogP contribution is -2.53. The predicted molar refractivity (Wildman–Crippen MR) is 118 cm³/mol. The third-order valence-corrected chi connectivity index (χ3v) is 6.97. The minimum Gasteiger partial charge on any atom is -0.318 e. The second-order valence-corrected chi connectivity index (χ2v) is 9.48. The molecule has 2 aliphatic rings. The Bertz CT molecular complexity index is 1130. The summed E-state index contributed by atoms with van der Waals surface area (Å²) in [5, 5.41) is 17.4. The van der Waals surface area contributed by atoms with Gasteiger partial charge in [-0.05, 0) is 50.1 Å². The van der Waals surface area contributed by atoms with Crippen LogP contribution in [0.3, 0.4) is 0 Å². The molecule has 2 fully saturated rings. The number of aromatic nitrogens is 4. The standard InChI is InChI=1S/C21H23F2N7OS/c1-11-28-29-20(32-11)17-4-12-5-19(26-9-13(12)8-25-17)27-21(31)30-15-2-3-16(30)7-14(6-15)24-10-18(22)23/h4-5,8-9,14-16,18,24H,2-3,6-7,10H2,1H3,(H,26,27,31). The minimum absolute atomic E-state index is 0.0271. The number of hydrogen-bond donors (Lipinski definition) is 2. The van der Waals surface area contributed by atoms with Crippen molar-refractivity contribution in [3.63, 3.8) is 0 Å². The second kappa shape index (κ2) is 8.62. The van der Waals surface area contributed by atoms with E-state index in [4.69, 9.17) is 0 Å². The van der Waals surface area contributed by atoms with Gasteiger partial charge in [0.2, 0.25) is 0 Å². The maximum absolute atomic E-state index is 13.0. The summed E-state index contributed by atoms with van der Waals surface area (Å²) in [6.07, 6.45) is 4.23. The molecule has 0 aliphatic carbocycles. The zero-order valence-corrected chi connectivity index (χ0v) is 18.3. The topological polar surface area (TPSA) is 95.9 Å². The molecule has 5 heterocycles. The molecule has 5 rings (SSSR count). The maximum atomic E-state index is 13.0. The van der Waals surface area contributed by atoms with Gasteiger partial charge in [0.25, 0.3) is 6.43 Å². The van der Waals surface area contributed by atoms with Crippen molar-refractivity contribution < 1.29 is 13.6 Å². The van der Waals surface area contributed by atoms with E-state index in [2.05, 4.69) is 30.8 Å². The van der Waals surface area contributed by atoms with Crippen LogP contribution in [0.25, 0.3) is 21.5 Å². The molecule has 2 bridgehead atoms. The maximum Gasteiger partial charge on any atom is 0.323 e. The Labute approximate surface area is 187 Å². The molecule has 3 aromatic heterocycles. The van der Waals surface area contributed by atoms with E-state index in [9.17, 15) is 13.6 Å². The van der Waals surface area contributed by atoms with Gasteiger partial charge in [-0.1, -0.05) is 11.3 Å². The summed E-state index contributed by atoms with van der Waals surface area (Å²) in [5.41, 5.74) is 0.725. The van der Waals surface area contributed by atoms with Crippen molar-refractivity contribution in [1.82, 2.24) is 30.4 Å². The molecule has 8 nitrogen and oxygen atoms in total. The van der Waals surface area contributed by atoms with Gasteiger partial charge in [0.1, 0.15) is 16.5 Å². The highest BCUT2D eigenvalue weighted by Gasteiger charge is 2.43. The highest BCUT2D eigenvalue weighted by molar-refractivity contribution is 7.14. The zero-order chi connectivity index (χ0) is 22.2. The number of urea groups is 1. The van der Waals surface area contributed by atoms with Crippen molar-refractivity contribution in [2.75, 3.05) is 11.9 Å². The molecule has 2 aliphatic heterocycles. The average molecular weight is 460 g/mol. The van der Waals surface area contributed by atoms with Gasteiger partial charge in [0, 0.05) is 35.9 Å². The number of carbonyl (C=O) groups is 1. The van der Waals surface area contributed by atoms with Crippen LogP contribution in [0.1, 0.15) is 30.7 Å². The van der Waals surface area contributed by atoms with Gasteiger partial charge in [-0.15, -0.1) is 10.2 Å². The summed E-state index contributed by atoms with van der Waals surface area (Å²) in [7, 11) is 0. The number of aryl methyl sites for hydroxylation is 1. The first kappa shape index (κ1) is 21.1. The Kier molecular flexibility index (Phi) is 5.68. The Morgan fingerprint density at radius 3 is 2.59 bits per heavy atom. The van der Waals surface area contributed by atoms with Crippen molar-refractivity contribution in [3.8, 4) is 10.7 Å². The van der Waals surface area contributed by atoms with Crippen molar-refractivity contribution in [2.24, 2.45) is 0 Å². The first-order chi connectivity index (χ1) is 15.5. The molecule has 168 valence electrons. The monoisotopic (exact) mass is 459 g/mol.